The van der Waals surface area contributed by atoms with E-state index in [9.17, 15) is 4.79 Å². The number of pyridine rings is 1. The van der Waals surface area contributed by atoms with E-state index in [1.165, 1.54) is 12.8 Å². The lowest BCUT2D eigenvalue weighted by Gasteiger charge is -2.16. The number of aryl methyl sites for hydroxylation is 2. The fourth-order valence-electron chi connectivity index (χ4n) is 2.77. The Labute approximate surface area is 130 Å². The van der Waals surface area contributed by atoms with Gasteiger partial charge < -0.3 is 10.2 Å². The number of carbonyl (C=O) groups excluding carboxylic acids is 1. The molecule has 2 aromatic heterocycles. The Balaban J connectivity index is 1.74. The second-order valence-corrected chi connectivity index (χ2v) is 5.74. The fraction of sp³-hybridized carbons (Fsp3) is 0.438. The van der Waals surface area contributed by atoms with Crippen molar-refractivity contribution in [2.45, 2.75) is 26.7 Å². The zero-order chi connectivity index (χ0) is 15.7. The van der Waals surface area contributed by atoms with E-state index in [4.69, 9.17) is 0 Å². The third-order valence-electron chi connectivity index (χ3n) is 4.19. The number of anilines is 2. The van der Waals surface area contributed by atoms with Gasteiger partial charge in [-0.05, 0) is 38.8 Å². The summed E-state index contributed by atoms with van der Waals surface area (Å²) in [5.74, 6) is 1.51. The average molecular weight is 299 g/mol. The molecule has 0 atom stereocenters. The summed E-state index contributed by atoms with van der Waals surface area (Å²) in [5.41, 5.74) is 2.46. The first-order chi connectivity index (χ1) is 10.6. The molecule has 1 N–H and O–H groups in total. The largest absolute Gasteiger partial charge is 0.357 e. The quantitative estimate of drug-likeness (QED) is 0.944. The van der Waals surface area contributed by atoms with Crippen molar-refractivity contribution in [1.82, 2.24) is 14.8 Å². The van der Waals surface area contributed by atoms with Crippen molar-refractivity contribution in [3.05, 3.63) is 35.2 Å². The van der Waals surface area contributed by atoms with Crippen LogP contribution >= 0.6 is 0 Å². The molecule has 22 heavy (non-hydrogen) atoms. The number of amides is 1. The normalized spacial score (nSPS) is 14.4. The maximum Gasteiger partial charge on any atom is 0.258 e. The van der Waals surface area contributed by atoms with Crippen LogP contribution in [0.5, 0.6) is 0 Å². The van der Waals surface area contributed by atoms with Crippen molar-refractivity contribution in [3.8, 4) is 0 Å². The predicted molar refractivity (Wildman–Crippen MR) is 86.3 cm³/mol. The van der Waals surface area contributed by atoms with Crippen molar-refractivity contribution in [2.24, 2.45) is 7.05 Å². The number of hydrogen-bond donors (Lipinski definition) is 1. The van der Waals surface area contributed by atoms with Gasteiger partial charge in [-0.1, -0.05) is 0 Å². The van der Waals surface area contributed by atoms with Gasteiger partial charge in [0.15, 0.2) is 0 Å². The summed E-state index contributed by atoms with van der Waals surface area (Å²) in [4.78, 5) is 19.0. The van der Waals surface area contributed by atoms with Gasteiger partial charge in [0.2, 0.25) is 0 Å². The molecule has 0 aromatic carbocycles. The summed E-state index contributed by atoms with van der Waals surface area (Å²) in [6.45, 7) is 5.97. The van der Waals surface area contributed by atoms with Gasteiger partial charge in [0, 0.05) is 31.9 Å². The van der Waals surface area contributed by atoms with Crippen LogP contribution in [-0.2, 0) is 7.05 Å². The summed E-state index contributed by atoms with van der Waals surface area (Å²) >= 11 is 0. The van der Waals surface area contributed by atoms with Gasteiger partial charge in [-0.3, -0.25) is 9.48 Å². The van der Waals surface area contributed by atoms with E-state index < -0.39 is 0 Å². The highest BCUT2D eigenvalue weighted by Crippen LogP contribution is 2.20. The number of aromatic nitrogens is 3. The van der Waals surface area contributed by atoms with Crippen molar-refractivity contribution >= 4 is 17.5 Å². The van der Waals surface area contributed by atoms with E-state index >= 15 is 0 Å². The number of hydrogen-bond acceptors (Lipinski definition) is 4. The molecule has 3 heterocycles. The second-order valence-electron chi connectivity index (χ2n) is 5.74. The predicted octanol–water partition coefficient (Wildman–Crippen LogP) is 2.28. The Morgan fingerprint density at radius 3 is 2.50 bits per heavy atom. The van der Waals surface area contributed by atoms with Gasteiger partial charge in [-0.25, -0.2) is 4.98 Å². The minimum atomic E-state index is -0.161. The number of nitrogens with one attached hydrogen (secondary N) is 1. The molecule has 0 saturated carbocycles. The van der Waals surface area contributed by atoms with Crippen molar-refractivity contribution in [3.63, 3.8) is 0 Å². The van der Waals surface area contributed by atoms with Gasteiger partial charge in [0.05, 0.1) is 11.3 Å². The molecular weight excluding hydrogens is 278 g/mol. The molecule has 0 radical (unpaired) electrons. The van der Waals surface area contributed by atoms with Gasteiger partial charge in [0.25, 0.3) is 5.91 Å². The lowest BCUT2D eigenvalue weighted by molar-refractivity contribution is 0.102. The minimum absolute atomic E-state index is 0.161. The maximum absolute atomic E-state index is 12.4. The Kier molecular flexibility index (Phi) is 3.83. The van der Waals surface area contributed by atoms with Crippen LogP contribution in [0.25, 0.3) is 0 Å². The SMILES string of the molecule is Cc1nn(C)c(NC(=O)c2ccc(N3CCCC3)nc2)c1C. The molecular formula is C16H21N5O. The summed E-state index contributed by atoms with van der Waals surface area (Å²) in [6.07, 6.45) is 4.06. The molecule has 116 valence electrons. The Morgan fingerprint density at radius 1 is 1.23 bits per heavy atom. The molecule has 0 aliphatic carbocycles. The molecule has 1 aliphatic heterocycles. The van der Waals surface area contributed by atoms with Crippen LogP contribution in [0, 0.1) is 13.8 Å². The molecule has 0 unspecified atom stereocenters. The molecule has 0 spiro atoms. The van der Waals surface area contributed by atoms with E-state index in [0.717, 1.165) is 36.0 Å². The molecule has 6 nitrogen and oxygen atoms in total. The van der Waals surface area contributed by atoms with Gasteiger partial charge in [0.1, 0.15) is 11.6 Å². The first-order valence-corrected chi connectivity index (χ1v) is 7.59. The average Bonchev–Trinajstić information content (AvgIpc) is 3.12. The monoisotopic (exact) mass is 299 g/mol. The summed E-state index contributed by atoms with van der Waals surface area (Å²) in [5, 5.41) is 7.22. The summed E-state index contributed by atoms with van der Waals surface area (Å²) < 4.78 is 1.69. The van der Waals surface area contributed by atoms with E-state index in [2.05, 4.69) is 20.3 Å². The minimum Gasteiger partial charge on any atom is -0.357 e. The third kappa shape index (κ3) is 2.68. The van der Waals surface area contributed by atoms with Crippen LogP contribution in [0.2, 0.25) is 0 Å². The Hall–Kier alpha value is -2.37. The Bertz CT molecular complexity index is 683. The highest BCUT2D eigenvalue weighted by atomic mass is 16.1. The topological polar surface area (TPSA) is 63.1 Å². The molecule has 1 fully saturated rings. The smallest absolute Gasteiger partial charge is 0.258 e. The summed E-state index contributed by atoms with van der Waals surface area (Å²) in [6, 6.07) is 3.75. The molecule has 2 aromatic rings. The number of nitrogens with zero attached hydrogens (tertiary/aromatic N) is 4. The first kappa shape index (κ1) is 14.6. The van der Waals surface area contributed by atoms with Crippen LogP contribution in [-0.4, -0.2) is 33.8 Å². The lowest BCUT2D eigenvalue weighted by Crippen LogP contribution is -2.20. The van der Waals surface area contributed by atoms with Crippen LogP contribution in [0.3, 0.4) is 0 Å². The number of carbonyl (C=O) groups is 1. The molecule has 1 saturated heterocycles. The first-order valence-electron chi connectivity index (χ1n) is 7.59. The third-order valence-corrected chi connectivity index (χ3v) is 4.19. The molecule has 3 rings (SSSR count). The highest BCUT2D eigenvalue weighted by Gasteiger charge is 2.16. The van der Waals surface area contributed by atoms with Crippen molar-refractivity contribution in [1.29, 1.82) is 0 Å². The van der Waals surface area contributed by atoms with Gasteiger partial charge in [-0.15, -0.1) is 0 Å². The second kappa shape index (κ2) is 5.79. The lowest BCUT2D eigenvalue weighted by atomic mass is 10.2. The molecule has 6 heteroatoms. The highest BCUT2D eigenvalue weighted by molar-refractivity contribution is 6.04. The van der Waals surface area contributed by atoms with Crippen LogP contribution in [0.1, 0.15) is 34.5 Å². The van der Waals surface area contributed by atoms with Crippen LogP contribution < -0.4 is 10.2 Å². The van der Waals surface area contributed by atoms with E-state index in [1.54, 1.807) is 10.9 Å². The van der Waals surface area contributed by atoms with Gasteiger partial charge >= 0.3 is 0 Å². The zero-order valence-electron chi connectivity index (χ0n) is 13.3. The molecule has 1 amide bonds. The van der Waals surface area contributed by atoms with Crippen molar-refractivity contribution < 1.29 is 4.79 Å². The summed E-state index contributed by atoms with van der Waals surface area (Å²) in [7, 11) is 1.82. The fourth-order valence-corrected chi connectivity index (χ4v) is 2.77. The van der Waals surface area contributed by atoms with E-state index in [0.29, 0.717) is 5.56 Å². The molecule has 1 aliphatic rings. The zero-order valence-corrected chi connectivity index (χ0v) is 13.3. The van der Waals surface area contributed by atoms with E-state index in [1.807, 2.05) is 33.0 Å². The van der Waals surface area contributed by atoms with E-state index in [-0.39, 0.29) is 5.91 Å². The Morgan fingerprint density at radius 2 is 1.95 bits per heavy atom. The molecule has 0 bridgehead atoms. The standard InChI is InChI=1S/C16H21N5O/c1-11-12(2)19-20(3)15(11)18-16(22)13-6-7-14(17-10-13)21-8-4-5-9-21/h6-7,10H,4-5,8-9H2,1-3H3,(H,18,22). The van der Waals surface area contributed by atoms with Crippen molar-refractivity contribution in [2.75, 3.05) is 23.3 Å². The van der Waals surface area contributed by atoms with Gasteiger partial charge in [-0.2, -0.15) is 5.10 Å². The number of rotatable bonds is 3. The maximum atomic E-state index is 12.4. The van der Waals surface area contributed by atoms with Crippen LogP contribution in [0.15, 0.2) is 18.3 Å². The van der Waals surface area contributed by atoms with Crippen LogP contribution in [0.4, 0.5) is 11.6 Å².